The van der Waals surface area contributed by atoms with Crippen molar-refractivity contribution in [3.05, 3.63) is 30.6 Å². The Balaban J connectivity index is 1.84. The molecule has 1 fully saturated rings. The maximum absolute atomic E-state index is 6.39. The first-order chi connectivity index (χ1) is 10.3. The summed E-state index contributed by atoms with van der Waals surface area (Å²) in [4.78, 5) is 6.51. The maximum Gasteiger partial charge on any atom is 0.0750 e. The van der Waals surface area contributed by atoms with E-state index < -0.39 is 0 Å². The monoisotopic (exact) mass is 285 g/mol. The molecule has 1 unspecified atom stereocenters. The number of pyridine rings is 1. The lowest BCUT2D eigenvalue weighted by atomic mass is 10.0. The number of ether oxygens (including phenoxy) is 1. The van der Waals surface area contributed by atoms with Crippen LogP contribution in [0.15, 0.2) is 30.6 Å². The van der Waals surface area contributed by atoms with Gasteiger partial charge >= 0.3 is 0 Å². The molecule has 0 spiro atoms. The number of anilines is 2. The minimum Gasteiger partial charge on any atom is -0.397 e. The summed E-state index contributed by atoms with van der Waals surface area (Å²) in [5.74, 6) is 0. The lowest BCUT2D eigenvalue weighted by Gasteiger charge is -2.35. The highest BCUT2D eigenvalue weighted by Gasteiger charge is 2.22. The van der Waals surface area contributed by atoms with Crippen LogP contribution in [0.25, 0.3) is 10.8 Å². The fourth-order valence-electron chi connectivity index (χ4n) is 3.03. The predicted octanol–water partition coefficient (Wildman–Crippen LogP) is 3.21. The van der Waals surface area contributed by atoms with Gasteiger partial charge in [0.1, 0.15) is 0 Å². The zero-order valence-electron chi connectivity index (χ0n) is 12.6. The summed E-state index contributed by atoms with van der Waals surface area (Å²) in [7, 11) is 0. The Morgan fingerprint density at radius 2 is 2.29 bits per heavy atom. The van der Waals surface area contributed by atoms with E-state index in [2.05, 4.69) is 28.9 Å². The summed E-state index contributed by atoms with van der Waals surface area (Å²) in [5, 5.41) is 2.17. The van der Waals surface area contributed by atoms with Crippen molar-refractivity contribution in [1.29, 1.82) is 0 Å². The molecule has 2 heterocycles. The summed E-state index contributed by atoms with van der Waals surface area (Å²) in [6.07, 6.45) is 7.36. The van der Waals surface area contributed by atoms with Crippen molar-refractivity contribution in [2.45, 2.75) is 32.3 Å². The number of hydrogen-bond acceptors (Lipinski definition) is 4. The number of aromatic nitrogens is 1. The average molecular weight is 285 g/mol. The van der Waals surface area contributed by atoms with Crippen LogP contribution in [-0.2, 0) is 4.74 Å². The van der Waals surface area contributed by atoms with Crippen molar-refractivity contribution in [1.82, 2.24) is 4.98 Å². The van der Waals surface area contributed by atoms with E-state index in [9.17, 15) is 0 Å². The number of hydrogen-bond donors (Lipinski definition) is 1. The third kappa shape index (κ3) is 2.95. The molecule has 3 rings (SSSR count). The summed E-state index contributed by atoms with van der Waals surface area (Å²) < 4.78 is 5.92. The zero-order chi connectivity index (χ0) is 14.7. The van der Waals surface area contributed by atoms with Gasteiger partial charge < -0.3 is 15.4 Å². The molecule has 4 nitrogen and oxygen atoms in total. The van der Waals surface area contributed by atoms with Crippen molar-refractivity contribution in [2.75, 3.05) is 30.3 Å². The van der Waals surface area contributed by atoms with Crippen molar-refractivity contribution < 1.29 is 4.74 Å². The zero-order valence-corrected chi connectivity index (χ0v) is 12.6. The van der Waals surface area contributed by atoms with E-state index in [1.54, 1.807) is 6.20 Å². The summed E-state index contributed by atoms with van der Waals surface area (Å²) in [6, 6.07) is 6.20. The molecule has 1 aromatic carbocycles. The predicted molar refractivity (Wildman–Crippen MR) is 87.6 cm³/mol. The van der Waals surface area contributed by atoms with Gasteiger partial charge in [-0.2, -0.15) is 0 Å². The van der Waals surface area contributed by atoms with Crippen molar-refractivity contribution in [2.24, 2.45) is 0 Å². The van der Waals surface area contributed by atoms with Crippen LogP contribution in [0, 0.1) is 0 Å². The molecule has 1 aromatic heterocycles. The van der Waals surface area contributed by atoms with Crippen LogP contribution in [0.1, 0.15) is 26.2 Å². The van der Waals surface area contributed by atoms with E-state index in [4.69, 9.17) is 10.5 Å². The number of nitrogens with two attached hydrogens (primary N) is 1. The minimum absolute atomic E-state index is 0.325. The number of benzene rings is 1. The van der Waals surface area contributed by atoms with Crippen LogP contribution < -0.4 is 10.6 Å². The Morgan fingerprint density at radius 3 is 3.14 bits per heavy atom. The lowest BCUT2D eigenvalue weighted by Crippen LogP contribution is -2.40. The smallest absolute Gasteiger partial charge is 0.0750 e. The van der Waals surface area contributed by atoms with Crippen molar-refractivity contribution >= 4 is 22.1 Å². The largest absolute Gasteiger partial charge is 0.397 e. The van der Waals surface area contributed by atoms with Gasteiger partial charge in [-0.05, 0) is 31.4 Å². The molecule has 4 heteroatoms. The van der Waals surface area contributed by atoms with Gasteiger partial charge in [0, 0.05) is 42.9 Å². The van der Waals surface area contributed by atoms with Gasteiger partial charge in [0.2, 0.25) is 0 Å². The second kappa shape index (κ2) is 6.31. The van der Waals surface area contributed by atoms with Gasteiger partial charge in [0.05, 0.1) is 17.5 Å². The molecule has 2 aromatic rings. The van der Waals surface area contributed by atoms with E-state index in [0.717, 1.165) is 61.1 Å². The molecule has 0 bridgehead atoms. The standard InChI is InChI=1S/C17H23N3O/c1-2-10-21-14-4-3-9-20(12-14)16-6-5-13-11-19-8-7-15(13)17(16)18/h5-8,11,14H,2-4,9-10,12,18H2,1H3. The molecule has 0 saturated carbocycles. The van der Waals surface area contributed by atoms with E-state index in [1.807, 2.05) is 12.3 Å². The third-order valence-electron chi connectivity index (χ3n) is 4.12. The normalized spacial score (nSPS) is 19.1. The van der Waals surface area contributed by atoms with Crippen molar-refractivity contribution in [3.63, 3.8) is 0 Å². The number of piperidine rings is 1. The fourth-order valence-corrected chi connectivity index (χ4v) is 3.03. The van der Waals surface area contributed by atoms with Crippen LogP contribution >= 0.6 is 0 Å². The molecular formula is C17H23N3O. The van der Waals surface area contributed by atoms with Crippen LogP contribution in [0.5, 0.6) is 0 Å². The van der Waals surface area contributed by atoms with Crippen LogP contribution in [0.4, 0.5) is 11.4 Å². The number of nitrogens with zero attached hydrogens (tertiary/aromatic N) is 2. The van der Waals surface area contributed by atoms with Gasteiger partial charge in [-0.25, -0.2) is 0 Å². The second-order valence-corrected chi connectivity index (χ2v) is 5.68. The highest BCUT2D eigenvalue weighted by Crippen LogP contribution is 2.32. The second-order valence-electron chi connectivity index (χ2n) is 5.68. The van der Waals surface area contributed by atoms with Crippen molar-refractivity contribution in [3.8, 4) is 0 Å². The highest BCUT2D eigenvalue weighted by molar-refractivity contribution is 5.98. The van der Waals surface area contributed by atoms with Gasteiger partial charge in [-0.3, -0.25) is 4.98 Å². The SMILES string of the molecule is CCCOC1CCCN(c2ccc3cnccc3c2N)C1. The molecule has 1 saturated heterocycles. The molecule has 2 N–H and O–H groups in total. The molecule has 0 radical (unpaired) electrons. The Kier molecular flexibility index (Phi) is 4.25. The van der Waals surface area contributed by atoms with Gasteiger partial charge in [-0.15, -0.1) is 0 Å². The van der Waals surface area contributed by atoms with Gasteiger partial charge in [0.15, 0.2) is 0 Å². The van der Waals surface area contributed by atoms with Crippen LogP contribution in [-0.4, -0.2) is 30.8 Å². The molecule has 21 heavy (non-hydrogen) atoms. The molecule has 0 aliphatic carbocycles. The average Bonchev–Trinajstić information content (AvgIpc) is 2.54. The highest BCUT2D eigenvalue weighted by atomic mass is 16.5. The number of rotatable bonds is 4. The third-order valence-corrected chi connectivity index (χ3v) is 4.12. The van der Waals surface area contributed by atoms with Gasteiger partial charge in [-0.1, -0.05) is 13.0 Å². The summed E-state index contributed by atoms with van der Waals surface area (Å²) in [5.41, 5.74) is 8.36. The maximum atomic E-state index is 6.39. The Hall–Kier alpha value is -1.81. The van der Waals surface area contributed by atoms with E-state index in [0.29, 0.717) is 6.10 Å². The van der Waals surface area contributed by atoms with Crippen LogP contribution in [0.3, 0.4) is 0 Å². The molecule has 1 aliphatic heterocycles. The summed E-state index contributed by atoms with van der Waals surface area (Å²) >= 11 is 0. The lowest BCUT2D eigenvalue weighted by molar-refractivity contribution is 0.0441. The van der Waals surface area contributed by atoms with E-state index >= 15 is 0 Å². The topological polar surface area (TPSA) is 51.4 Å². The van der Waals surface area contributed by atoms with E-state index in [-0.39, 0.29) is 0 Å². The Morgan fingerprint density at radius 1 is 1.38 bits per heavy atom. The number of nitrogen functional groups attached to an aromatic ring is 1. The molecule has 1 atom stereocenters. The fraction of sp³-hybridized carbons (Fsp3) is 0.471. The summed E-state index contributed by atoms with van der Waals surface area (Å²) in [6.45, 7) is 4.97. The molecule has 1 aliphatic rings. The first-order valence-corrected chi connectivity index (χ1v) is 7.78. The molecule has 0 amide bonds. The Bertz CT molecular complexity index is 614. The molecular weight excluding hydrogens is 262 g/mol. The first-order valence-electron chi connectivity index (χ1n) is 7.78. The van der Waals surface area contributed by atoms with E-state index in [1.165, 1.54) is 0 Å². The van der Waals surface area contributed by atoms with Crippen LogP contribution in [0.2, 0.25) is 0 Å². The Labute approximate surface area is 125 Å². The quantitative estimate of drug-likeness (QED) is 0.876. The molecule has 112 valence electrons. The number of fused-ring (bicyclic) bond motifs is 1. The minimum atomic E-state index is 0.325. The van der Waals surface area contributed by atoms with Gasteiger partial charge in [0.25, 0.3) is 0 Å². The first kappa shape index (κ1) is 14.1.